The van der Waals surface area contributed by atoms with E-state index in [1.165, 1.54) is 0 Å². The Balaban J connectivity index is 4.12. The summed E-state index contributed by atoms with van der Waals surface area (Å²) < 4.78 is 0. The van der Waals surface area contributed by atoms with Gasteiger partial charge in [-0.15, -0.1) is 0 Å². The highest BCUT2D eigenvalue weighted by Gasteiger charge is 2.36. The van der Waals surface area contributed by atoms with Crippen molar-refractivity contribution in [3.63, 3.8) is 0 Å². The van der Waals surface area contributed by atoms with Crippen LogP contribution in [-0.2, 0) is 0 Å². The van der Waals surface area contributed by atoms with E-state index in [-0.39, 0.29) is 0 Å². The fourth-order valence-corrected chi connectivity index (χ4v) is 1.56. The highest BCUT2D eigenvalue weighted by atomic mass is 16.4. The van der Waals surface area contributed by atoms with Gasteiger partial charge in [-0.2, -0.15) is 0 Å². The lowest BCUT2D eigenvalue weighted by molar-refractivity contribution is 0.0625. The molecule has 0 aliphatic rings. The second-order valence-electron chi connectivity index (χ2n) is 3.42. The standard InChI is InChI=1S/C10H6O10/c11-5-2(8(15)16)1(7(13)14)3(9(17)18)6(12)4(5)10(19)20/h11-12H,(H,13,14)(H,15,16)(H,17,18)(H,19,20). The van der Waals surface area contributed by atoms with Crippen molar-refractivity contribution in [3.05, 3.63) is 22.3 Å². The van der Waals surface area contributed by atoms with Gasteiger partial charge < -0.3 is 30.6 Å². The zero-order valence-electron chi connectivity index (χ0n) is 9.32. The number of benzene rings is 1. The Kier molecular flexibility index (Phi) is 3.51. The quantitative estimate of drug-likeness (QED) is 0.435. The Hall–Kier alpha value is -3.30. The molecule has 0 atom stereocenters. The second-order valence-corrected chi connectivity index (χ2v) is 3.42. The Bertz CT molecular complexity index is 615. The third-order valence-electron chi connectivity index (χ3n) is 2.30. The van der Waals surface area contributed by atoms with Crippen LogP contribution in [0.3, 0.4) is 0 Å². The summed E-state index contributed by atoms with van der Waals surface area (Å²) in [6, 6.07) is 0. The molecular weight excluding hydrogens is 280 g/mol. The van der Waals surface area contributed by atoms with Gasteiger partial charge in [0.2, 0.25) is 0 Å². The Morgan fingerprint density at radius 3 is 0.950 bits per heavy atom. The molecule has 10 nitrogen and oxygen atoms in total. The molecule has 1 rings (SSSR count). The van der Waals surface area contributed by atoms with Gasteiger partial charge in [0.05, 0.1) is 5.56 Å². The van der Waals surface area contributed by atoms with Gasteiger partial charge in [-0.3, -0.25) is 0 Å². The first-order valence-corrected chi connectivity index (χ1v) is 4.66. The van der Waals surface area contributed by atoms with Crippen molar-refractivity contribution in [1.29, 1.82) is 0 Å². The maximum Gasteiger partial charge on any atom is 0.343 e. The Labute approximate surface area is 108 Å². The minimum atomic E-state index is -2.07. The average molecular weight is 286 g/mol. The van der Waals surface area contributed by atoms with Crippen LogP contribution < -0.4 is 0 Å². The molecule has 0 spiro atoms. The second kappa shape index (κ2) is 4.76. The van der Waals surface area contributed by atoms with E-state index < -0.39 is 57.6 Å². The van der Waals surface area contributed by atoms with Crippen LogP contribution in [0.5, 0.6) is 11.5 Å². The normalized spacial score (nSPS) is 10.0. The molecule has 0 aliphatic carbocycles. The smallest absolute Gasteiger partial charge is 0.343 e. The zero-order valence-corrected chi connectivity index (χ0v) is 9.32. The van der Waals surface area contributed by atoms with E-state index in [0.717, 1.165) is 0 Å². The lowest BCUT2D eigenvalue weighted by atomic mass is 9.94. The maximum absolute atomic E-state index is 10.9. The average Bonchev–Trinajstić information content (AvgIpc) is 2.25. The molecule has 0 aliphatic heterocycles. The first-order chi connectivity index (χ1) is 9.11. The van der Waals surface area contributed by atoms with Crippen LogP contribution in [0.15, 0.2) is 0 Å². The fourth-order valence-electron chi connectivity index (χ4n) is 1.56. The number of aromatic hydroxyl groups is 2. The Morgan fingerprint density at radius 2 is 0.750 bits per heavy atom. The molecule has 0 heterocycles. The molecule has 0 amide bonds. The van der Waals surface area contributed by atoms with E-state index in [0.29, 0.717) is 0 Å². The van der Waals surface area contributed by atoms with Crippen LogP contribution in [0.25, 0.3) is 0 Å². The molecule has 10 heteroatoms. The van der Waals surface area contributed by atoms with E-state index in [1.807, 2.05) is 0 Å². The van der Waals surface area contributed by atoms with E-state index in [9.17, 15) is 29.4 Å². The lowest BCUT2D eigenvalue weighted by Crippen LogP contribution is -2.18. The van der Waals surface area contributed by atoms with Crippen molar-refractivity contribution in [3.8, 4) is 11.5 Å². The van der Waals surface area contributed by atoms with E-state index in [2.05, 4.69) is 0 Å². The molecular formula is C10H6O10. The number of hydrogen-bond acceptors (Lipinski definition) is 6. The van der Waals surface area contributed by atoms with Crippen LogP contribution in [0.1, 0.15) is 41.4 Å². The predicted molar refractivity (Wildman–Crippen MR) is 57.6 cm³/mol. The number of carboxylic acids is 4. The molecule has 1 aromatic carbocycles. The van der Waals surface area contributed by atoms with E-state index >= 15 is 0 Å². The minimum Gasteiger partial charge on any atom is -0.506 e. The number of carboxylic acid groups (broad SMARTS) is 4. The molecule has 0 saturated heterocycles. The maximum atomic E-state index is 10.9. The van der Waals surface area contributed by atoms with Gasteiger partial charge in [0.15, 0.2) is 0 Å². The highest BCUT2D eigenvalue weighted by Crippen LogP contribution is 2.38. The predicted octanol–water partition coefficient (Wildman–Crippen LogP) is -0.109. The van der Waals surface area contributed by atoms with Gasteiger partial charge in [0, 0.05) is 0 Å². The summed E-state index contributed by atoms with van der Waals surface area (Å²) in [6.45, 7) is 0. The fraction of sp³-hybridized carbons (Fsp3) is 0. The molecule has 0 radical (unpaired) electrons. The molecule has 6 N–H and O–H groups in total. The van der Waals surface area contributed by atoms with Crippen molar-refractivity contribution in [2.24, 2.45) is 0 Å². The largest absolute Gasteiger partial charge is 0.506 e. The number of carbonyl (C=O) groups is 4. The summed E-state index contributed by atoms with van der Waals surface area (Å²) in [4.78, 5) is 43.6. The summed E-state index contributed by atoms with van der Waals surface area (Å²) >= 11 is 0. The molecule has 0 aromatic heterocycles. The molecule has 1 aromatic rings. The number of hydrogen-bond donors (Lipinski definition) is 6. The summed E-state index contributed by atoms with van der Waals surface area (Å²) in [6.07, 6.45) is 0. The van der Waals surface area contributed by atoms with E-state index in [4.69, 9.17) is 20.4 Å². The number of aromatic carboxylic acids is 4. The molecule has 0 saturated carbocycles. The summed E-state index contributed by atoms with van der Waals surface area (Å²) in [5.41, 5.74) is -5.72. The van der Waals surface area contributed by atoms with Gasteiger partial charge in [-0.25, -0.2) is 19.2 Å². The molecule has 0 fully saturated rings. The van der Waals surface area contributed by atoms with Gasteiger partial charge in [0.25, 0.3) is 0 Å². The minimum absolute atomic E-state index is 1.41. The SMILES string of the molecule is O=C(O)c1c(O)c(C(=O)O)c(C(=O)O)c(C(=O)O)c1O. The number of rotatable bonds is 4. The first-order valence-electron chi connectivity index (χ1n) is 4.66. The summed E-state index contributed by atoms with van der Waals surface area (Å²) in [7, 11) is 0. The summed E-state index contributed by atoms with van der Waals surface area (Å²) in [5.74, 6) is -11.3. The third kappa shape index (κ3) is 2.05. The van der Waals surface area contributed by atoms with Crippen molar-refractivity contribution in [1.82, 2.24) is 0 Å². The molecule has 20 heavy (non-hydrogen) atoms. The van der Waals surface area contributed by atoms with Crippen LogP contribution in [0, 0.1) is 0 Å². The molecule has 0 bridgehead atoms. The van der Waals surface area contributed by atoms with Crippen molar-refractivity contribution in [2.75, 3.05) is 0 Å². The Morgan fingerprint density at radius 1 is 0.500 bits per heavy atom. The van der Waals surface area contributed by atoms with Gasteiger partial charge >= 0.3 is 23.9 Å². The highest BCUT2D eigenvalue weighted by molar-refractivity contribution is 6.15. The van der Waals surface area contributed by atoms with Gasteiger partial charge in [0.1, 0.15) is 28.2 Å². The van der Waals surface area contributed by atoms with Crippen LogP contribution in [0.2, 0.25) is 0 Å². The van der Waals surface area contributed by atoms with Crippen LogP contribution in [-0.4, -0.2) is 54.5 Å². The zero-order chi connectivity index (χ0) is 15.8. The summed E-state index contributed by atoms with van der Waals surface area (Å²) in [5, 5.41) is 54.1. The topological polar surface area (TPSA) is 190 Å². The first kappa shape index (κ1) is 14.8. The molecule has 106 valence electrons. The van der Waals surface area contributed by atoms with Crippen LogP contribution in [0.4, 0.5) is 0 Å². The van der Waals surface area contributed by atoms with Crippen molar-refractivity contribution >= 4 is 23.9 Å². The monoisotopic (exact) mass is 286 g/mol. The van der Waals surface area contributed by atoms with Crippen molar-refractivity contribution < 1.29 is 49.8 Å². The van der Waals surface area contributed by atoms with Gasteiger partial charge in [-0.1, -0.05) is 0 Å². The van der Waals surface area contributed by atoms with Gasteiger partial charge in [-0.05, 0) is 0 Å². The van der Waals surface area contributed by atoms with E-state index in [1.54, 1.807) is 0 Å². The molecule has 0 unspecified atom stereocenters. The number of phenols is 2. The van der Waals surface area contributed by atoms with Crippen LogP contribution >= 0.6 is 0 Å². The lowest BCUT2D eigenvalue weighted by Gasteiger charge is -2.13. The van der Waals surface area contributed by atoms with Crippen molar-refractivity contribution in [2.45, 2.75) is 0 Å². The third-order valence-corrected chi connectivity index (χ3v) is 2.30.